The summed E-state index contributed by atoms with van der Waals surface area (Å²) < 4.78 is 23.8. The number of halogens is 2. The maximum absolute atomic E-state index is 11.9. The summed E-state index contributed by atoms with van der Waals surface area (Å²) in [6.45, 7) is 1.28. The van der Waals surface area contributed by atoms with Gasteiger partial charge in [0.15, 0.2) is 0 Å². The van der Waals surface area contributed by atoms with Gasteiger partial charge < -0.3 is 10.6 Å². The number of hydrogen-bond acceptors (Lipinski definition) is 2. The van der Waals surface area contributed by atoms with Gasteiger partial charge in [-0.05, 0) is 18.9 Å². The molecule has 5 heteroatoms. The Hall–Kier alpha value is -0.710. The Balaban J connectivity index is 2.41. The molecule has 0 aromatic rings. The molecule has 2 N–H and O–H groups in total. The van der Waals surface area contributed by atoms with Gasteiger partial charge in [-0.2, -0.15) is 8.78 Å². The van der Waals surface area contributed by atoms with Crippen molar-refractivity contribution in [3.8, 4) is 0 Å². The molecule has 0 saturated carbocycles. The molecule has 0 aliphatic carbocycles. The van der Waals surface area contributed by atoms with Gasteiger partial charge in [-0.3, -0.25) is 4.79 Å². The fraction of sp³-hybridized carbons (Fsp3) is 0.857. The molecule has 0 aromatic carbocycles. The fourth-order valence-electron chi connectivity index (χ4n) is 1.36. The number of nitrogens with zero attached hydrogens (tertiary/aromatic N) is 1. The van der Waals surface area contributed by atoms with Gasteiger partial charge >= 0.3 is 6.43 Å². The van der Waals surface area contributed by atoms with E-state index in [4.69, 9.17) is 5.73 Å². The summed E-state index contributed by atoms with van der Waals surface area (Å²) in [5, 5.41) is 0. The Labute approximate surface area is 69.5 Å². The van der Waals surface area contributed by atoms with Gasteiger partial charge in [-0.15, -0.1) is 0 Å². The molecule has 1 atom stereocenters. The van der Waals surface area contributed by atoms with Gasteiger partial charge in [0.2, 0.25) is 0 Å². The number of rotatable bonds is 2. The lowest BCUT2D eigenvalue weighted by Crippen LogP contribution is -2.34. The van der Waals surface area contributed by atoms with Gasteiger partial charge in [0, 0.05) is 13.1 Å². The Kier molecular flexibility index (Phi) is 2.97. The summed E-state index contributed by atoms with van der Waals surface area (Å²) in [6, 6.07) is 0. The van der Waals surface area contributed by atoms with Crippen molar-refractivity contribution in [2.75, 3.05) is 19.6 Å². The maximum Gasteiger partial charge on any atom is 0.315 e. The highest BCUT2D eigenvalue weighted by atomic mass is 19.3. The third kappa shape index (κ3) is 1.91. The van der Waals surface area contributed by atoms with Crippen LogP contribution in [0.3, 0.4) is 0 Å². The molecule has 0 spiro atoms. The molecule has 1 rings (SSSR count). The van der Waals surface area contributed by atoms with Gasteiger partial charge in [-0.1, -0.05) is 0 Å². The first-order valence-electron chi connectivity index (χ1n) is 3.92. The number of carbonyl (C=O) groups excluding carboxylic acids is 1. The summed E-state index contributed by atoms with van der Waals surface area (Å²) in [6.07, 6.45) is -2.13. The molecule has 1 unspecified atom stereocenters. The van der Waals surface area contributed by atoms with Gasteiger partial charge in [-0.25, -0.2) is 0 Å². The lowest BCUT2D eigenvalue weighted by atomic mass is 10.1. The highest BCUT2D eigenvalue weighted by Gasteiger charge is 2.29. The predicted molar refractivity (Wildman–Crippen MR) is 39.7 cm³/mol. The van der Waals surface area contributed by atoms with Crippen molar-refractivity contribution in [3.63, 3.8) is 0 Å². The Bertz CT molecular complexity index is 175. The lowest BCUT2D eigenvalue weighted by Gasteiger charge is -2.14. The average Bonchev–Trinajstić information content (AvgIpc) is 2.50. The molecule has 1 aliphatic heterocycles. The van der Waals surface area contributed by atoms with Crippen molar-refractivity contribution in [2.24, 2.45) is 11.7 Å². The van der Waals surface area contributed by atoms with Crippen molar-refractivity contribution in [3.05, 3.63) is 0 Å². The van der Waals surface area contributed by atoms with Crippen LogP contribution in [0.2, 0.25) is 0 Å². The average molecular weight is 178 g/mol. The third-order valence-corrected chi connectivity index (χ3v) is 2.12. The Morgan fingerprint density at radius 3 is 2.75 bits per heavy atom. The van der Waals surface area contributed by atoms with Gasteiger partial charge in [0.25, 0.3) is 5.91 Å². The first kappa shape index (κ1) is 9.38. The smallest absolute Gasteiger partial charge is 0.315 e. The third-order valence-electron chi connectivity index (χ3n) is 2.12. The van der Waals surface area contributed by atoms with Crippen molar-refractivity contribution in [1.29, 1.82) is 0 Å². The van der Waals surface area contributed by atoms with Crippen LogP contribution in [-0.4, -0.2) is 36.9 Å². The highest BCUT2D eigenvalue weighted by Crippen LogP contribution is 2.16. The number of nitrogens with two attached hydrogens (primary N) is 1. The zero-order valence-electron chi connectivity index (χ0n) is 6.67. The number of alkyl halides is 2. The quantitative estimate of drug-likeness (QED) is 0.649. The van der Waals surface area contributed by atoms with Crippen LogP contribution >= 0.6 is 0 Å². The first-order valence-corrected chi connectivity index (χ1v) is 3.92. The number of hydrogen-bond donors (Lipinski definition) is 1. The molecule has 1 fully saturated rings. The maximum atomic E-state index is 11.9. The minimum Gasteiger partial charge on any atom is -0.337 e. The number of amides is 1. The standard InChI is InChI=1S/C7H12F2N2O/c8-6(9)7(12)11-2-1-5(3-10)4-11/h5-6H,1-4,10H2. The second kappa shape index (κ2) is 3.80. The van der Waals surface area contributed by atoms with Crippen molar-refractivity contribution in [2.45, 2.75) is 12.8 Å². The van der Waals surface area contributed by atoms with Gasteiger partial charge in [0.05, 0.1) is 0 Å². The Morgan fingerprint density at radius 2 is 2.33 bits per heavy atom. The van der Waals surface area contributed by atoms with E-state index in [2.05, 4.69) is 0 Å². The van der Waals surface area contributed by atoms with Crippen molar-refractivity contribution < 1.29 is 13.6 Å². The molecule has 0 radical (unpaired) electrons. The lowest BCUT2D eigenvalue weighted by molar-refractivity contribution is -0.141. The zero-order chi connectivity index (χ0) is 9.14. The first-order chi connectivity index (χ1) is 5.65. The topological polar surface area (TPSA) is 46.3 Å². The molecule has 0 aromatic heterocycles. The second-order valence-electron chi connectivity index (χ2n) is 2.98. The van der Waals surface area contributed by atoms with Crippen LogP contribution in [0.15, 0.2) is 0 Å². The van der Waals surface area contributed by atoms with Gasteiger partial charge in [0.1, 0.15) is 0 Å². The SMILES string of the molecule is NCC1CCN(C(=O)C(F)F)C1. The van der Waals surface area contributed by atoms with Crippen LogP contribution < -0.4 is 5.73 Å². The van der Waals surface area contributed by atoms with E-state index in [0.717, 1.165) is 6.42 Å². The zero-order valence-corrected chi connectivity index (χ0v) is 6.67. The summed E-state index contributed by atoms with van der Waals surface area (Å²) in [5.74, 6) is -0.862. The van der Waals surface area contributed by atoms with E-state index in [9.17, 15) is 13.6 Å². The van der Waals surface area contributed by atoms with Crippen LogP contribution in [0.25, 0.3) is 0 Å². The Morgan fingerprint density at radius 1 is 1.67 bits per heavy atom. The van der Waals surface area contributed by atoms with Crippen LogP contribution in [0.4, 0.5) is 8.78 Å². The minimum atomic E-state index is -2.87. The highest BCUT2D eigenvalue weighted by molar-refractivity contribution is 5.79. The van der Waals surface area contributed by atoms with E-state index in [1.54, 1.807) is 0 Å². The molecule has 0 bridgehead atoms. The molecular weight excluding hydrogens is 166 g/mol. The van der Waals surface area contributed by atoms with E-state index < -0.39 is 12.3 Å². The molecule has 3 nitrogen and oxygen atoms in total. The van der Waals surface area contributed by atoms with Crippen molar-refractivity contribution >= 4 is 5.91 Å². The predicted octanol–water partition coefficient (Wildman–Crippen LogP) is 0.0587. The summed E-state index contributed by atoms with van der Waals surface area (Å²) in [4.78, 5) is 11.9. The molecule has 1 aliphatic rings. The van der Waals surface area contributed by atoms with E-state index in [1.165, 1.54) is 4.90 Å². The normalized spacial score (nSPS) is 23.7. The molecule has 1 amide bonds. The van der Waals surface area contributed by atoms with E-state index >= 15 is 0 Å². The molecule has 1 saturated heterocycles. The molecular formula is C7H12F2N2O. The van der Waals surface area contributed by atoms with Crippen LogP contribution in [0, 0.1) is 5.92 Å². The van der Waals surface area contributed by atoms with Crippen molar-refractivity contribution in [1.82, 2.24) is 4.90 Å². The minimum absolute atomic E-state index is 0.202. The van der Waals surface area contributed by atoms with E-state index in [-0.39, 0.29) is 5.92 Å². The number of carbonyl (C=O) groups is 1. The van der Waals surface area contributed by atoms with E-state index in [1.807, 2.05) is 0 Å². The van der Waals surface area contributed by atoms with E-state index in [0.29, 0.717) is 19.6 Å². The number of likely N-dealkylation sites (tertiary alicyclic amines) is 1. The molecule has 12 heavy (non-hydrogen) atoms. The van der Waals surface area contributed by atoms with Crippen LogP contribution in [0.5, 0.6) is 0 Å². The van der Waals surface area contributed by atoms with Crippen LogP contribution in [-0.2, 0) is 4.79 Å². The largest absolute Gasteiger partial charge is 0.337 e. The monoisotopic (exact) mass is 178 g/mol. The summed E-state index contributed by atoms with van der Waals surface area (Å²) in [5.41, 5.74) is 5.35. The second-order valence-corrected chi connectivity index (χ2v) is 2.98. The van der Waals surface area contributed by atoms with Crippen LogP contribution in [0.1, 0.15) is 6.42 Å². The molecule has 70 valence electrons. The summed E-state index contributed by atoms with van der Waals surface area (Å²) >= 11 is 0. The molecule has 1 heterocycles. The fourth-order valence-corrected chi connectivity index (χ4v) is 1.36. The summed E-state index contributed by atoms with van der Waals surface area (Å²) in [7, 11) is 0.